The Morgan fingerprint density at radius 2 is 2.06 bits per heavy atom. The van der Waals surface area contributed by atoms with Crippen LogP contribution in [0.2, 0.25) is 0 Å². The van der Waals surface area contributed by atoms with Crippen LogP contribution in [0.15, 0.2) is 24.3 Å². The van der Waals surface area contributed by atoms with Crippen LogP contribution < -0.4 is 15.8 Å². The molecule has 1 unspecified atom stereocenters. The average Bonchev–Trinajstić information content (AvgIpc) is 2.29. The SMILES string of the molecule is Cc1ccc(OC(C)CNC(=O)CN)cc1. The molecule has 1 atom stereocenters. The highest BCUT2D eigenvalue weighted by molar-refractivity contribution is 5.77. The van der Waals surface area contributed by atoms with Crippen molar-refractivity contribution in [2.75, 3.05) is 13.1 Å². The highest BCUT2D eigenvalue weighted by Gasteiger charge is 2.05. The zero-order valence-corrected chi connectivity index (χ0v) is 9.69. The zero-order chi connectivity index (χ0) is 12.0. The first kappa shape index (κ1) is 12.5. The van der Waals surface area contributed by atoms with Crippen molar-refractivity contribution in [3.8, 4) is 5.75 Å². The third-order valence-electron chi connectivity index (χ3n) is 2.13. The lowest BCUT2D eigenvalue weighted by molar-refractivity contribution is -0.120. The molecule has 0 saturated heterocycles. The van der Waals surface area contributed by atoms with Gasteiger partial charge in [0.05, 0.1) is 13.1 Å². The van der Waals surface area contributed by atoms with Crippen molar-refractivity contribution in [1.82, 2.24) is 5.32 Å². The molecule has 16 heavy (non-hydrogen) atoms. The number of hydrogen-bond acceptors (Lipinski definition) is 3. The van der Waals surface area contributed by atoms with Gasteiger partial charge in [-0.05, 0) is 26.0 Å². The smallest absolute Gasteiger partial charge is 0.233 e. The predicted octanol–water partition coefficient (Wildman–Crippen LogP) is 0.837. The van der Waals surface area contributed by atoms with E-state index in [2.05, 4.69) is 5.32 Å². The maximum absolute atomic E-state index is 10.9. The Kier molecular flexibility index (Phi) is 4.79. The lowest BCUT2D eigenvalue weighted by Crippen LogP contribution is -2.37. The van der Waals surface area contributed by atoms with E-state index in [-0.39, 0.29) is 18.6 Å². The summed E-state index contributed by atoms with van der Waals surface area (Å²) in [5.41, 5.74) is 6.37. The summed E-state index contributed by atoms with van der Waals surface area (Å²) in [5.74, 6) is 0.638. The number of ether oxygens (including phenoxy) is 1. The number of carbonyl (C=O) groups excluding carboxylic acids is 1. The van der Waals surface area contributed by atoms with E-state index in [0.29, 0.717) is 6.54 Å². The van der Waals surface area contributed by atoms with Gasteiger partial charge in [0, 0.05) is 0 Å². The number of nitrogens with two attached hydrogens (primary N) is 1. The molecule has 0 fully saturated rings. The average molecular weight is 222 g/mol. The van der Waals surface area contributed by atoms with E-state index < -0.39 is 0 Å². The van der Waals surface area contributed by atoms with Gasteiger partial charge < -0.3 is 15.8 Å². The normalized spacial score (nSPS) is 11.9. The minimum absolute atomic E-state index is 0.0112. The highest BCUT2D eigenvalue weighted by Crippen LogP contribution is 2.12. The van der Waals surface area contributed by atoms with Gasteiger partial charge in [-0.25, -0.2) is 0 Å². The van der Waals surface area contributed by atoms with Crippen LogP contribution in [-0.4, -0.2) is 25.1 Å². The number of aryl methyl sites for hydroxylation is 1. The second-order valence-corrected chi connectivity index (χ2v) is 3.75. The van der Waals surface area contributed by atoms with Gasteiger partial charge in [-0.3, -0.25) is 4.79 Å². The predicted molar refractivity (Wildman–Crippen MR) is 63.3 cm³/mol. The van der Waals surface area contributed by atoms with Crippen LogP contribution in [-0.2, 0) is 4.79 Å². The number of nitrogens with one attached hydrogen (secondary N) is 1. The Hall–Kier alpha value is -1.55. The molecule has 0 spiro atoms. The standard InChI is InChI=1S/C12H18N2O2/c1-9-3-5-11(6-4-9)16-10(2)8-14-12(15)7-13/h3-6,10H,7-8,13H2,1-2H3,(H,14,15). The summed E-state index contributed by atoms with van der Waals surface area (Å²) >= 11 is 0. The molecule has 4 nitrogen and oxygen atoms in total. The minimum Gasteiger partial charge on any atom is -0.489 e. The number of rotatable bonds is 5. The molecule has 0 aliphatic carbocycles. The number of amides is 1. The van der Waals surface area contributed by atoms with Gasteiger partial charge in [-0.1, -0.05) is 17.7 Å². The first-order valence-electron chi connectivity index (χ1n) is 5.32. The first-order valence-corrected chi connectivity index (χ1v) is 5.32. The van der Waals surface area contributed by atoms with E-state index >= 15 is 0 Å². The number of carbonyl (C=O) groups is 1. The molecule has 0 radical (unpaired) electrons. The van der Waals surface area contributed by atoms with Gasteiger partial charge in [-0.15, -0.1) is 0 Å². The molecule has 0 bridgehead atoms. The molecule has 88 valence electrons. The fourth-order valence-electron chi connectivity index (χ4n) is 1.22. The van der Waals surface area contributed by atoms with Crippen molar-refractivity contribution in [3.63, 3.8) is 0 Å². The molecule has 3 N–H and O–H groups in total. The molecule has 0 saturated carbocycles. The third-order valence-corrected chi connectivity index (χ3v) is 2.13. The molecule has 1 aromatic carbocycles. The van der Waals surface area contributed by atoms with Gasteiger partial charge in [-0.2, -0.15) is 0 Å². The highest BCUT2D eigenvalue weighted by atomic mass is 16.5. The van der Waals surface area contributed by atoms with Gasteiger partial charge in [0.1, 0.15) is 11.9 Å². The topological polar surface area (TPSA) is 64.3 Å². The van der Waals surface area contributed by atoms with Crippen molar-refractivity contribution >= 4 is 5.91 Å². The van der Waals surface area contributed by atoms with E-state index in [1.807, 2.05) is 38.1 Å². The molecule has 1 amide bonds. The van der Waals surface area contributed by atoms with Gasteiger partial charge in [0.15, 0.2) is 0 Å². The molecule has 0 heterocycles. The quantitative estimate of drug-likeness (QED) is 0.776. The van der Waals surface area contributed by atoms with Crippen LogP contribution in [0.5, 0.6) is 5.75 Å². The summed E-state index contributed by atoms with van der Waals surface area (Å²) in [5, 5.41) is 2.67. The van der Waals surface area contributed by atoms with Crippen LogP contribution in [0.25, 0.3) is 0 Å². The first-order chi connectivity index (χ1) is 7.61. The summed E-state index contributed by atoms with van der Waals surface area (Å²) in [6.45, 7) is 4.40. The molecular weight excluding hydrogens is 204 g/mol. The molecule has 1 rings (SSSR count). The van der Waals surface area contributed by atoms with Crippen LogP contribution in [0.3, 0.4) is 0 Å². The van der Waals surface area contributed by atoms with Crippen LogP contribution >= 0.6 is 0 Å². The van der Waals surface area contributed by atoms with E-state index in [1.165, 1.54) is 5.56 Å². The van der Waals surface area contributed by atoms with Crippen molar-refractivity contribution in [1.29, 1.82) is 0 Å². The van der Waals surface area contributed by atoms with E-state index in [4.69, 9.17) is 10.5 Å². The van der Waals surface area contributed by atoms with Crippen molar-refractivity contribution in [2.24, 2.45) is 5.73 Å². The van der Waals surface area contributed by atoms with Crippen LogP contribution in [0, 0.1) is 6.92 Å². The van der Waals surface area contributed by atoms with Crippen molar-refractivity contribution in [3.05, 3.63) is 29.8 Å². The van der Waals surface area contributed by atoms with Gasteiger partial charge in [0.2, 0.25) is 5.91 Å². The largest absolute Gasteiger partial charge is 0.489 e. The number of benzene rings is 1. The molecular formula is C12H18N2O2. The second-order valence-electron chi connectivity index (χ2n) is 3.75. The van der Waals surface area contributed by atoms with Crippen LogP contribution in [0.4, 0.5) is 0 Å². The fraction of sp³-hybridized carbons (Fsp3) is 0.417. The Morgan fingerprint density at radius 1 is 1.44 bits per heavy atom. The summed E-state index contributed by atoms with van der Waals surface area (Å²) in [4.78, 5) is 10.9. The lowest BCUT2D eigenvalue weighted by atomic mass is 10.2. The Morgan fingerprint density at radius 3 is 2.62 bits per heavy atom. The van der Waals surface area contributed by atoms with E-state index in [0.717, 1.165) is 5.75 Å². The molecule has 0 aromatic heterocycles. The molecule has 0 aliphatic rings. The summed E-state index contributed by atoms with van der Waals surface area (Å²) in [6, 6.07) is 7.80. The summed E-state index contributed by atoms with van der Waals surface area (Å²) < 4.78 is 5.61. The number of hydrogen-bond donors (Lipinski definition) is 2. The van der Waals surface area contributed by atoms with Gasteiger partial charge in [0.25, 0.3) is 0 Å². The monoisotopic (exact) mass is 222 g/mol. The Bertz CT molecular complexity index is 335. The second kappa shape index (κ2) is 6.12. The Balaban J connectivity index is 2.36. The van der Waals surface area contributed by atoms with Crippen LogP contribution in [0.1, 0.15) is 12.5 Å². The maximum atomic E-state index is 10.9. The zero-order valence-electron chi connectivity index (χ0n) is 9.69. The Labute approximate surface area is 95.8 Å². The van der Waals surface area contributed by atoms with Crippen molar-refractivity contribution < 1.29 is 9.53 Å². The van der Waals surface area contributed by atoms with E-state index in [9.17, 15) is 4.79 Å². The molecule has 1 aromatic rings. The minimum atomic E-state index is -0.167. The summed E-state index contributed by atoms with van der Waals surface area (Å²) in [7, 11) is 0. The maximum Gasteiger partial charge on any atom is 0.233 e. The molecule has 4 heteroatoms. The molecule has 0 aliphatic heterocycles. The third kappa shape index (κ3) is 4.31. The lowest BCUT2D eigenvalue weighted by Gasteiger charge is -2.15. The van der Waals surface area contributed by atoms with Crippen molar-refractivity contribution in [2.45, 2.75) is 20.0 Å². The summed E-state index contributed by atoms with van der Waals surface area (Å²) in [6.07, 6.45) is -0.0711. The fourth-order valence-corrected chi connectivity index (χ4v) is 1.22. The van der Waals surface area contributed by atoms with Gasteiger partial charge >= 0.3 is 0 Å². The van der Waals surface area contributed by atoms with E-state index in [1.54, 1.807) is 0 Å².